The smallest absolute Gasteiger partial charge is 0.261 e. The summed E-state index contributed by atoms with van der Waals surface area (Å²) in [7, 11) is 0. The van der Waals surface area contributed by atoms with E-state index in [1.807, 2.05) is 24.3 Å². The van der Waals surface area contributed by atoms with Crippen LogP contribution in [0.25, 0.3) is 5.57 Å². The Morgan fingerprint density at radius 1 is 0.806 bits per heavy atom. The maximum atomic E-state index is 12.7. The Kier molecular flexibility index (Phi) is 6.30. The zero-order valence-corrected chi connectivity index (χ0v) is 19.9. The minimum absolute atomic E-state index is 0.195. The molecule has 1 aliphatic carbocycles. The molecule has 0 unspecified atom stereocenters. The lowest BCUT2D eigenvalue weighted by molar-refractivity contribution is 0.0652. The Balaban J connectivity index is 1.40. The SMILES string of the molecule is C=C1C/C1=C\C(CCCCN1C(=O)c2ccccc2C1=O)=C(c1ccc(O)cc1)c1ccc(O)cc1. The first-order chi connectivity index (χ1) is 17.4. The van der Waals surface area contributed by atoms with Crippen LogP contribution in [0.2, 0.25) is 0 Å². The van der Waals surface area contributed by atoms with E-state index in [-0.39, 0.29) is 23.3 Å². The second-order valence-corrected chi connectivity index (χ2v) is 9.21. The van der Waals surface area contributed by atoms with Gasteiger partial charge < -0.3 is 10.2 Å². The number of imide groups is 1. The van der Waals surface area contributed by atoms with E-state index in [2.05, 4.69) is 12.7 Å². The van der Waals surface area contributed by atoms with E-state index >= 15 is 0 Å². The summed E-state index contributed by atoms with van der Waals surface area (Å²) in [5, 5.41) is 19.7. The van der Waals surface area contributed by atoms with Crippen LogP contribution in [0.5, 0.6) is 11.5 Å². The van der Waals surface area contributed by atoms with Gasteiger partial charge in [-0.05, 0) is 95.5 Å². The average molecular weight is 478 g/mol. The van der Waals surface area contributed by atoms with Crippen molar-refractivity contribution in [1.29, 1.82) is 0 Å². The van der Waals surface area contributed by atoms with Gasteiger partial charge in [0.25, 0.3) is 11.8 Å². The number of fused-ring (bicyclic) bond motifs is 1. The van der Waals surface area contributed by atoms with Crippen molar-refractivity contribution in [3.63, 3.8) is 0 Å². The van der Waals surface area contributed by atoms with Crippen LogP contribution in [0, 0.1) is 0 Å². The van der Waals surface area contributed by atoms with Crippen molar-refractivity contribution in [3.05, 3.63) is 124 Å². The van der Waals surface area contributed by atoms with Crippen LogP contribution < -0.4 is 0 Å². The fourth-order valence-electron chi connectivity index (χ4n) is 4.64. The van der Waals surface area contributed by atoms with Gasteiger partial charge >= 0.3 is 0 Å². The largest absolute Gasteiger partial charge is 0.508 e. The molecule has 0 saturated heterocycles. The first-order valence-corrected chi connectivity index (χ1v) is 12.1. The highest BCUT2D eigenvalue weighted by atomic mass is 16.3. The van der Waals surface area contributed by atoms with Gasteiger partial charge in [0.05, 0.1) is 11.1 Å². The van der Waals surface area contributed by atoms with Crippen LogP contribution in [0.3, 0.4) is 0 Å². The maximum absolute atomic E-state index is 12.7. The molecule has 0 spiro atoms. The molecule has 1 fully saturated rings. The predicted molar refractivity (Wildman–Crippen MR) is 140 cm³/mol. The van der Waals surface area contributed by atoms with Crippen molar-refractivity contribution in [1.82, 2.24) is 4.90 Å². The molecule has 5 heteroatoms. The summed E-state index contributed by atoms with van der Waals surface area (Å²) in [6.07, 6.45) is 5.25. The van der Waals surface area contributed by atoms with Crippen molar-refractivity contribution >= 4 is 17.4 Å². The van der Waals surface area contributed by atoms with Gasteiger partial charge in [0, 0.05) is 6.54 Å². The average Bonchev–Trinajstić information content (AvgIpc) is 3.53. The van der Waals surface area contributed by atoms with Crippen LogP contribution in [-0.2, 0) is 0 Å². The first kappa shape index (κ1) is 23.4. The van der Waals surface area contributed by atoms with Gasteiger partial charge in [-0.25, -0.2) is 0 Å². The van der Waals surface area contributed by atoms with Crippen LogP contribution >= 0.6 is 0 Å². The number of benzene rings is 3. The number of unbranched alkanes of at least 4 members (excludes halogenated alkanes) is 1. The third-order valence-corrected chi connectivity index (χ3v) is 6.67. The van der Waals surface area contributed by atoms with Crippen molar-refractivity contribution in [2.24, 2.45) is 0 Å². The number of carbonyl (C=O) groups is 2. The maximum Gasteiger partial charge on any atom is 0.261 e. The van der Waals surface area contributed by atoms with Crippen molar-refractivity contribution in [2.75, 3.05) is 6.54 Å². The number of nitrogens with zero attached hydrogens (tertiary/aromatic N) is 1. The van der Waals surface area contributed by atoms with Crippen LogP contribution in [-0.4, -0.2) is 33.5 Å². The van der Waals surface area contributed by atoms with E-state index in [1.165, 1.54) is 10.5 Å². The van der Waals surface area contributed by atoms with E-state index in [4.69, 9.17) is 0 Å². The zero-order valence-electron chi connectivity index (χ0n) is 19.9. The van der Waals surface area contributed by atoms with Crippen molar-refractivity contribution in [3.8, 4) is 11.5 Å². The lowest BCUT2D eigenvalue weighted by atomic mass is 9.90. The molecule has 2 aliphatic rings. The summed E-state index contributed by atoms with van der Waals surface area (Å²) < 4.78 is 0. The molecule has 3 aromatic rings. The minimum atomic E-state index is -0.225. The molecule has 3 aromatic carbocycles. The Bertz CT molecular complexity index is 1330. The quantitative estimate of drug-likeness (QED) is 0.297. The Morgan fingerprint density at radius 3 is 1.78 bits per heavy atom. The van der Waals surface area contributed by atoms with E-state index in [0.29, 0.717) is 24.1 Å². The highest BCUT2D eigenvalue weighted by molar-refractivity contribution is 6.21. The molecule has 5 nitrogen and oxygen atoms in total. The molecule has 2 amide bonds. The molecule has 2 N–H and O–H groups in total. The van der Waals surface area contributed by atoms with E-state index in [0.717, 1.165) is 47.1 Å². The Morgan fingerprint density at radius 2 is 1.31 bits per heavy atom. The summed E-state index contributed by atoms with van der Waals surface area (Å²) in [6, 6.07) is 21.2. The third-order valence-electron chi connectivity index (χ3n) is 6.67. The Labute approximate surface area is 210 Å². The molecule has 0 bridgehead atoms. The lowest BCUT2D eigenvalue weighted by Crippen LogP contribution is -2.30. The van der Waals surface area contributed by atoms with Gasteiger partial charge in [0.15, 0.2) is 0 Å². The number of allylic oxidation sites excluding steroid dienone is 4. The summed E-state index contributed by atoms with van der Waals surface area (Å²) in [5.41, 5.74) is 7.32. The molecule has 0 atom stereocenters. The predicted octanol–water partition coefficient (Wildman–Crippen LogP) is 6.25. The second kappa shape index (κ2) is 9.70. The summed E-state index contributed by atoms with van der Waals surface area (Å²) in [5.74, 6) is -0.0614. The molecule has 1 aliphatic heterocycles. The van der Waals surface area contributed by atoms with Gasteiger partial charge in [0.2, 0.25) is 0 Å². The molecule has 1 saturated carbocycles. The number of phenolic OH excluding ortho intramolecular Hbond substituents is 2. The molecule has 180 valence electrons. The number of amides is 2. The van der Waals surface area contributed by atoms with Crippen LogP contribution in [0.1, 0.15) is 57.5 Å². The van der Waals surface area contributed by atoms with Gasteiger partial charge in [0.1, 0.15) is 11.5 Å². The molecule has 0 aromatic heterocycles. The van der Waals surface area contributed by atoms with Gasteiger partial charge in [-0.15, -0.1) is 0 Å². The summed E-state index contributed by atoms with van der Waals surface area (Å²) >= 11 is 0. The second-order valence-electron chi connectivity index (χ2n) is 9.21. The zero-order chi connectivity index (χ0) is 25.2. The van der Waals surface area contributed by atoms with Gasteiger partial charge in [-0.3, -0.25) is 14.5 Å². The van der Waals surface area contributed by atoms with Crippen LogP contribution in [0.15, 0.2) is 102 Å². The van der Waals surface area contributed by atoms with E-state index < -0.39 is 0 Å². The molecule has 36 heavy (non-hydrogen) atoms. The molecular weight excluding hydrogens is 450 g/mol. The lowest BCUT2D eigenvalue weighted by Gasteiger charge is -2.16. The van der Waals surface area contributed by atoms with Gasteiger partial charge in [-0.2, -0.15) is 0 Å². The number of phenols is 2. The normalized spacial score (nSPS) is 15.4. The topological polar surface area (TPSA) is 77.8 Å². The Hall–Kier alpha value is -4.38. The van der Waals surface area contributed by atoms with Crippen molar-refractivity contribution < 1.29 is 19.8 Å². The molecule has 1 heterocycles. The van der Waals surface area contributed by atoms with E-state index in [1.54, 1.807) is 48.5 Å². The number of carbonyl (C=O) groups excluding carboxylic acids is 2. The highest BCUT2D eigenvalue weighted by Gasteiger charge is 2.34. The van der Waals surface area contributed by atoms with Crippen LogP contribution in [0.4, 0.5) is 0 Å². The minimum Gasteiger partial charge on any atom is -0.508 e. The van der Waals surface area contributed by atoms with Crippen molar-refractivity contribution in [2.45, 2.75) is 25.7 Å². The molecule has 5 rings (SSSR count). The standard InChI is InChI=1S/C31H27NO4/c1-20-18-24(20)19-23(6-4-5-17-32-30(35)27-7-2-3-8-28(27)31(32)36)29(21-9-13-25(33)14-10-21)22-11-15-26(34)16-12-22/h2-3,7-16,19,33-34H,1,4-6,17-18H2/b24-19+. The first-order valence-electron chi connectivity index (χ1n) is 12.1. The summed E-state index contributed by atoms with van der Waals surface area (Å²) in [6.45, 7) is 4.45. The third kappa shape index (κ3) is 4.73. The fraction of sp³-hybridized carbons (Fsp3) is 0.161. The summed E-state index contributed by atoms with van der Waals surface area (Å²) in [4.78, 5) is 26.7. The number of rotatable bonds is 8. The monoisotopic (exact) mass is 477 g/mol. The molecule has 0 radical (unpaired) electrons. The highest BCUT2D eigenvalue weighted by Crippen LogP contribution is 2.39. The van der Waals surface area contributed by atoms with Gasteiger partial charge in [-0.1, -0.05) is 49.1 Å². The number of hydrogen-bond acceptors (Lipinski definition) is 4. The van der Waals surface area contributed by atoms with E-state index in [9.17, 15) is 19.8 Å². The number of hydrogen-bond donors (Lipinski definition) is 2. The number of aromatic hydroxyl groups is 2. The molecular formula is C31H27NO4. The fourth-order valence-corrected chi connectivity index (χ4v) is 4.64.